The van der Waals surface area contributed by atoms with Crippen molar-refractivity contribution in [3.63, 3.8) is 0 Å². The third-order valence-electron chi connectivity index (χ3n) is 6.57. The highest BCUT2D eigenvalue weighted by Crippen LogP contribution is 2.40. The van der Waals surface area contributed by atoms with Gasteiger partial charge >= 0.3 is 4.87 Å². The van der Waals surface area contributed by atoms with Gasteiger partial charge in [-0.25, -0.2) is 8.42 Å². The van der Waals surface area contributed by atoms with Gasteiger partial charge in [-0.05, 0) is 60.4 Å². The van der Waals surface area contributed by atoms with Crippen molar-refractivity contribution in [2.45, 2.75) is 50.7 Å². The maximum Gasteiger partial charge on any atom is 0.308 e. The van der Waals surface area contributed by atoms with Crippen molar-refractivity contribution in [3.05, 3.63) is 82.0 Å². The first-order valence-corrected chi connectivity index (χ1v) is 14.6. The summed E-state index contributed by atoms with van der Waals surface area (Å²) in [6, 6.07) is 18.9. The quantitative estimate of drug-likeness (QED) is 0.378. The number of thiazole rings is 1. The molecule has 1 amide bonds. The SMILES string of the molecule is CCn1c(=O)sc2cc(NC(=O)[C@H]3CN(S(=O)(=O)c4ccccc4)c4cc(C(C)(C)C)ccc4O3)ccc21. The molecule has 0 aliphatic carbocycles. The standard InChI is InChI=1S/C28H29N3O5S2/c1-5-30-21-13-12-19(16-25(21)37-27(30)33)29-26(32)24-17-31(38(34,35)20-9-7-6-8-10-20)22-15-18(28(2,3)4)11-14-23(22)36-24/h6-16,24H,5,17H2,1-4H3,(H,29,32)/t24-/m1/s1. The molecule has 10 heteroatoms. The average molecular weight is 552 g/mol. The van der Waals surface area contributed by atoms with E-state index in [1.54, 1.807) is 47.0 Å². The number of hydrogen-bond donors (Lipinski definition) is 1. The van der Waals surface area contributed by atoms with E-state index in [1.807, 2.05) is 39.8 Å². The molecule has 0 spiro atoms. The zero-order valence-electron chi connectivity index (χ0n) is 21.6. The van der Waals surface area contributed by atoms with Crippen LogP contribution in [-0.4, -0.2) is 31.5 Å². The van der Waals surface area contributed by atoms with Crippen LogP contribution in [0.3, 0.4) is 0 Å². The zero-order chi connectivity index (χ0) is 27.2. The fraction of sp³-hybridized carbons (Fsp3) is 0.286. The Morgan fingerprint density at radius 2 is 1.82 bits per heavy atom. The van der Waals surface area contributed by atoms with Crippen LogP contribution in [-0.2, 0) is 26.8 Å². The maximum absolute atomic E-state index is 13.8. The van der Waals surface area contributed by atoms with E-state index in [9.17, 15) is 18.0 Å². The van der Waals surface area contributed by atoms with E-state index in [4.69, 9.17) is 4.74 Å². The summed E-state index contributed by atoms with van der Waals surface area (Å²) in [5, 5.41) is 2.84. The molecule has 1 aromatic heterocycles. The second-order valence-corrected chi connectivity index (χ2v) is 13.0. The average Bonchev–Trinajstić information content (AvgIpc) is 3.21. The number of benzene rings is 3. The number of hydrogen-bond acceptors (Lipinski definition) is 6. The summed E-state index contributed by atoms with van der Waals surface area (Å²) in [6.07, 6.45) is -1.09. The van der Waals surface area contributed by atoms with Crippen molar-refractivity contribution in [2.24, 2.45) is 0 Å². The lowest BCUT2D eigenvalue weighted by Crippen LogP contribution is -2.49. The molecule has 198 valence electrons. The van der Waals surface area contributed by atoms with E-state index < -0.39 is 22.0 Å². The summed E-state index contributed by atoms with van der Waals surface area (Å²) >= 11 is 1.11. The Kier molecular flexibility index (Phi) is 6.56. The summed E-state index contributed by atoms with van der Waals surface area (Å²) in [6.45, 7) is 8.42. The fourth-order valence-electron chi connectivity index (χ4n) is 4.47. The first-order valence-electron chi connectivity index (χ1n) is 12.3. The number of aromatic nitrogens is 1. The van der Waals surface area contributed by atoms with Crippen molar-refractivity contribution in [2.75, 3.05) is 16.2 Å². The molecule has 8 nitrogen and oxygen atoms in total. The van der Waals surface area contributed by atoms with Crippen LogP contribution in [0.5, 0.6) is 5.75 Å². The van der Waals surface area contributed by atoms with Gasteiger partial charge in [0.05, 0.1) is 27.3 Å². The summed E-state index contributed by atoms with van der Waals surface area (Å²) in [5.41, 5.74) is 2.44. The largest absolute Gasteiger partial charge is 0.476 e. The Hall–Kier alpha value is -3.63. The molecule has 1 aliphatic heterocycles. The number of rotatable bonds is 5. The van der Waals surface area contributed by atoms with Crippen molar-refractivity contribution in [1.29, 1.82) is 0 Å². The van der Waals surface area contributed by atoms with Crippen LogP contribution in [0.1, 0.15) is 33.3 Å². The Bertz CT molecular complexity index is 1690. The number of aryl methyl sites for hydroxylation is 1. The number of fused-ring (bicyclic) bond motifs is 2. The highest BCUT2D eigenvalue weighted by molar-refractivity contribution is 7.92. The minimum atomic E-state index is -3.97. The molecule has 0 saturated heterocycles. The monoisotopic (exact) mass is 551 g/mol. The second kappa shape index (κ2) is 9.59. The summed E-state index contributed by atoms with van der Waals surface area (Å²) in [7, 11) is -3.97. The molecule has 0 fully saturated rings. The molecule has 4 aromatic rings. The van der Waals surface area contributed by atoms with Crippen LogP contribution in [0.15, 0.2) is 76.4 Å². The number of anilines is 2. The first-order chi connectivity index (χ1) is 18.0. The summed E-state index contributed by atoms with van der Waals surface area (Å²) in [5.74, 6) is -0.164. The van der Waals surface area contributed by atoms with Crippen LogP contribution >= 0.6 is 11.3 Å². The molecule has 1 aliphatic rings. The van der Waals surface area contributed by atoms with Crippen LogP contribution in [0, 0.1) is 0 Å². The normalized spacial score (nSPS) is 15.7. The fourth-order valence-corrected chi connectivity index (χ4v) is 6.95. The lowest BCUT2D eigenvalue weighted by Gasteiger charge is -2.36. The second-order valence-electron chi connectivity index (χ2n) is 10.2. The van der Waals surface area contributed by atoms with E-state index in [0.717, 1.165) is 27.1 Å². The predicted octanol–water partition coefficient (Wildman–Crippen LogP) is 4.98. The van der Waals surface area contributed by atoms with E-state index in [-0.39, 0.29) is 21.7 Å². The highest BCUT2D eigenvalue weighted by Gasteiger charge is 2.38. The number of amides is 1. The minimum absolute atomic E-state index is 0.0606. The molecular weight excluding hydrogens is 522 g/mol. The Labute approximate surface area is 225 Å². The third-order valence-corrected chi connectivity index (χ3v) is 9.31. The van der Waals surface area contributed by atoms with Gasteiger partial charge in [-0.1, -0.05) is 56.4 Å². The van der Waals surface area contributed by atoms with Crippen molar-refractivity contribution in [1.82, 2.24) is 4.57 Å². The van der Waals surface area contributed by atoms with Gasteiger partial charge in [0, 0.05) is 12.2 Å². The Balaban J connectivity index is 1.50. The molecule has 0 radical (unpaired) electrons. The number of carbonyl (C=O) groups is 1. The van der Waals surface area contributed by atoms with Crippen molar-refractivity contribution in [3.8, 4) is 5.75 Å². The molecule has 0 unspecified atom stereocenters. The molecular formula is C28H29N3O5S2. The van der Waals surface area contributed by atoms with Crippen LogP contribution in [0.4, 0.5) is 11.4 Å². The Morgan fingerprint density at radius 1 is 1.08 bits per heavy atom. The summed E-state index contributed by atoms with van der Waals surface area (Å²) in [4.78, 5) is 25.6. The van der Waals surface area contributed by atoms with Crippen molar-refractivity contribution < 1.29 is 17.9 Å². The summed E-state index contributed by atoms with van der Waals surface area (Å²) < 4.78 is 37.3. The number of ether oxygens (including phenoxy) is 1. The number of nitrogens with one attached hydrogen (secondary N) is 1. The van der Waals surface area contributed by atoms with Gasteiger partial charge in [-0.3, -0.25) is 18.5 Å². The highest BCUT2D eigenvalue weighted by atomic mass is 32.2. The lowest BCUT2D eigenvalue weighted by atomic mass is 9.86. The van der Waals surface area contributed by atoms with Gasteiger partial charge in [0.2, 0.25) is 0 Å². The van der Waals surface area contributed by atoms with Crippen LogP contribution in [0.25, 0.3) is 10.2 Å². The smallest absolute Gasteiger partial charge is 0.308 e. The van der Waals surface area contributed by atoms with Gasteiger partial charge in [0.25, 0.3) is 15.9 Å². The number of carbonyl (C=O) groups excluding carboxylic acids is 1. The minimum Gasteiger partial charge on any atom is -0.476 e. The molecule has 3 aromatic carbocycles. The molecule has 1 N–H and O–H groups in total. The maximum atomic E-state index is 13.8. The molecule has 38 heavy (non-hydrogen) atoms. The van der Waals surface area contributed by atoms with Gasteiger partial charge < -0.3 is 10.1 Å². The first kappa shape index (κ1) is 26.0. The van der Waals surface area contributed by atoms with Crippen molar-refractivity contribution >= 4 is 48.9 Å². The predicted molar refractivity (Wildman–Crippen MR) is 151 cm³/mol. The molecule has 5 rings (SSSR count). The number of sulfonamides is 1. The lowest BCUT2D eigenvalue weighted by molar-refractivity contribution is -0.122. The number of nitrogens with zero attached hydrogens (tertiary/aromatic N) is 2. The van der Waals surface area contributed by atoms with E-state index >= 15 is 0 Å². The van der Waals surface area contributed by atoms with Gasteiger partial charge in [-0.15, -0.1) is 0 Å². The topological polar surface area (TPSA) is 97.7 Å². The van der Waals surface area contributed by atoms with E-state index in [2.05, 4.69) is 5.32 Å². The Morgan fingerprint density at radius 3 is 2.50 bits per heavy atom. The molecule has 0 saturated carbocycles. The molecule has 1 atom stereocenters. The zero-order valence-corrected chi connectivity index (χ0v) is 23.2. The molecule has 0 bridgehead atoms. The van der Waals surface area contributed by atoms with Crippen LogP contribution in [0.2, 0.25) is 0 Å². The van der Waals surface area contributed by atoms with Gasteiger partial charge in [0.1, 0.15) is 5.75 Å². The molecule has 2 heterocycles. The van der Waals surface area contributed by atoms with Gasteiger partial charge in [-0.2, -0.15) is 0 Å². The van der Waals surface area contributed by atoms with Crippen LogP contribution < -0.4 is 19.2 Å². The van der Waals surface area contributed by atoms with E-state index in [1.165, 1.54) is 16.4 Å². The third kappa shape index (κ3) is 4.69. The van der Waals surface area contributed by atoms with E-state index in [0.29, 0.717) is 23.7 Å². The van der Waals surface area contributed by atoms with Gasteiger partial charge in [0.15, 0.2) is 6.10 Å².